The highest BCUT2D eigenvalue weighted by molar-refractivity contribution is 7.93. The Hall–Kier alpha value is -0.690. The fourth-order valence-corrected chi connectivity index (χ4v) is 1.33. The Morgan fingerprint density at radius 2 is 2.31 bits per heavy atom. The molecular weight excluding hydrogens is 252 g/mol. The second-order valence-electron chi connectivity index (χ2n) is 3.22. The third-order valence-electron chi connectivity index (χ3n) is 1.88. The highest BCUT2D eigenvalue weighted by Gasteiger charge is 2.24. The van der Waals surface area contributed by atoms with Gasteiger partial charge in [0, 0.05) is 18.3 Å². The van der Waals surface area contributed by atoms with Crippen molar-refractivity contribution < 1.29 is 14.1 Å². The molecule has 1 saturated carbocycles. The van der Waals surface area contributed by atoms with Crippen molar-refractivity contribution in [2.75, 3.05) is 11.7 Å². The number of hydrogen-bond donors (Lipinski definition) is 1. The van der Waals surface area contributed by atoms with E-state index in [4.69, 9.17) is 16.3 Å². The van der Waals surface area contributed by atoms with Crippen molar-refractivity contribution in [3.63, 3.8) is 0 Å². The van der Waals surface area contributed by atoms with Crippen molar-refractivity contribution in [2.24, 2.45) is 0 Å². The molecule has 1 fully saturated rings. The maximum atomic E-state index is 5.94. The van der Waals surface area contributed by atoms with Gasteiger partial charge in [0.05, 0.1) is 6.10 Å². The molecule has 0 unspecified atom stereocenters. The molecule has 1 aromatic rings. The van der Waals surface area contributed by atoms with E-state index in [9.17, 15) is 0 Å². The summed E-state index contributed by atoms with van der Waals surface area (Å²) < 4.78 is 10.1. The zero-order valence-electron chi connectivity index (χ0n) is 8.60. The van der Waals surface area contributed by atoms with E-state index in [1.807, 2.05) is 0 Å². The molecule has 0 radical (unpaired) electrons. The van der Waals surface area contributed by atoms with Gasteiger partial charge in [0.15, 0.2) is 16.7 Å². The molecule has 1 aliphatic rings. The fraction of sp³-hybridized carbons (Fsp3) is 0.444. The summed E-state index contributed by atoms with van der Waals surface area (Å²) >= 11 is 7.01. The van der Waals surface area contributed by atoms with Crippen LogP contribution in [0.3, 0.4) is 0 Å². The van der Waals surface area contributed by atoms with Gasteiger partial charge >= 0.3 is 0 Å². The molecule has 2 rings (SSSR count). The molecule has 0 aromatic carbocycles. The van der Waals surface area contributed by atoms with Crippen LogP contribution in [0.4, 0.5) is 5.82 Å². The van der Waals surface area contributed by atoms with Gasteiger partial charge < -0.3 is 4.74 Å². The molecule has 0 saturated heterocycles. The molecule has 0 spiro atoms. The summed E-state index contributed by atoms with van der Waals surface area (Å²) in [6, 6.07) is 3.45. The van der Waals surface area contributed by atoms with E-state index >= 15 is 0 Å². The highest BCUT2D eigenvalue weighted by Crippen LogP contribution is 2.31. The van der Waals surface area contributed by atoms with E-state index in [-0.39, 0.29) is 0 Å². The lowest BCUT2D eigenvalue weighted by Crippen LogP contribution is -2.02. The summed E-state index contributed by atoms with van der Waals surface area (Å²) in [6.07, 6.45) is 4.20. The number of pyridine rings is 1. The number of nitrogens with zero attached hydrogens (tertiary/aromatic N) is 1. The van der Waals surface area contributed by atoms with Gasteiger partial charge in [-0.3, -0.25) is 0 Å². The van der Waals surface area contributed by atoms with Crippen molar-refractivity contribution in [3.05, 3.63) is 17.3 Å². The summed E-state index contributed by atoms with van der Waals surface area (Å²) in [5.74, 6) is 1.06. The van der Waals surface area contributed by atoms with Crippen molar-refractivity contribution in [2.45, 2.75) is 18.9 Å². The van der Waals surface area contributed by atoms with Crippen LogP contribution in [-0.2, 0) is 9.32 Å². The molecule has 1 aromatic heterocycles. The fourth-order valence-electron chi connectivity index (χ4n) is 1.03. The van der Waals surface area contributed by atoms with E-state index in [0.29, 0.717) is 22.8 Å². The summed E-state index contributed by atoms with van der Waals surface area (Å²) in [5.41, 5.74) is 2.49. The molecule has 0 aliphatic heterocycles. The van der Waals surface area contributed by atoms with Crippen molar-refractivity contribution in [3.8, 4) is 5.75 Å². The zero-order valence-corrected chi connectivity index (χ0v) is 10.2. The SMILES string of the molecule is CSOONc1ccc(OC2CC2)c(Cl)n1. The van der Waals surface area contributed by atoms with Crippen LogP contribution >= 0.6 is 23.6 Å². The smallest absolute Gasteiger partial charge is 0.173 e. The standard InChI is InChI=1S/C9H11ClN2O3S/c1-16-15-14-12-8-5-4-7(9(10)11-8)13-6-2-3-6/h4-6H,2-3H2,1H3,(H,11,12). The molecule has 1 aliphatic carbocycles. The summed E-state index contributed by atoms with van der Waals surface area (Å²) in [6.45, 7) is 0. The third-order valence-corrected chi connectivity index (χ3v) is 2.36. The van der Waals surface area contributed by atoms with Gasteiger partial charge in [-0.2, -0.15) is 0 Å². The Morgan fingerprint density at radius 1 is 1.50 bits per heavy atom. The highest BCUT2D eigenvalue weighted by atomic mass is 35.5. The Morgan fingerprint density at radius 3 is 2.94 bits per heavy atom. The topological polar surface area (TPSA) is 52.6 Å². The minimum Gasteiger partial charge on any atom is -0.487 e. The van der Waals surface area contributed by atoms with Gasteiger partial charge in [0.25, 0.3) is 0 Å². The number of hydrogen-bond acceptors (Lipinski definition) is 6. The molecule has 5 nitrogen and oxygen atoms in total. The lowest BCUT2D eigenvalue weighted by molar-refractivity contribution is -0.160. The monoisotopic (exact) mass is 262 g/mol. The summed E-state index contributed by atoms with van der Waals surface area (Å²) in [5, 5.41) is 0.310. The molecule has 88 valence electrons. The largest absolute Gasteiger partial charge is 0.487 e. The molecular formula is C9H11ClN2O3S. The van der Waals surface area contributed by atoms with Crippen LogP contribution in [0, 0.1) is 0 Å². The Balaban J connectivity index is 1.92. The van der Waals surface area contributed by atoms with Crippen molar-refractivity contribution in [1.82, 2.24) is 4.98 Å². The molecule has 1 heterocycles. The van der Waals surface area contributed by atoms with Crippen LogP contribution < -0.4 is 10.2 Å². The van der Waals surface area contributed by atoms with Crippen LogP contribution in [0.5, 0.6) is 5.75 Å². The maximum Gasteiger partial charge on any atom is 0.173 e. The third kappa shape index (κ3) is 3.41. The van der Waals surface area contributed by atoms with Crippen LogP contribution in [0.2, 0.25) is 5.15 Å². The van der Waals surface area contributed by atoms with Gasteiger partial charge in [0.1, 0.15) is 0 Å². The van der Waals surface area contributed by atoms with E-state index in [0.717, 1.165) is 24.9 Å². The first kappa shape index (κ1) is 11.8. The minimum atomic E-state index is 0.300. The first-order valence-corrected chi connectivity index (χ1v) is 6.28. The molecule has 16 heavy (non-hydrogen) atoms. The number of anilines is 1. The summed E-state index contributed by atoms with van der Waals surface area (Å²) in [4.78, 5) is 8.65. The maximum absolute atomic E-state index is 5.94. The van der Waals surface area contributed by atoms with E-state index in [1.165, 1.54) is 0 Å². The molecule has 0 amide bonds. The van der Waals surface area contributed by atoms with Crippen molar-refractivity contribution in [1.29, 1.82) is 0 Å². The van der Waals surface area contributed by atoms with Crippen LogP contribution in [0.1, 0.15) is 12.8 Å². The lowest BCUT2D eigenvalue weighted by atomic mass is 10.4. The normalized spacial score (nSPS) is 14.9. The minimum absolute atomic E-state index is 0.300. The van der Waals surface area contributed by atoms with Crippen molar-refractivity contribution >= 4 is 29.5 Å². The number of nitrogens with one attached hydrogen (secondary N) is 1. The molecule has 1 N–H and O–H groups in total. The van der Waals surface area contributed by atoms with Gasteiger partial charge in [-0.15, -0.1) is 9.32 Å². The van der Waals surface area contributed by atoms with E-state index in [1.54, 1.807) is 18.4 Å². The predicted molar refractivity (Wildman–Crippen MR) is 62.2 cm³/mol. The van der Waals surface area contributed by atoms with Crippen LogP contribution in [0.15, 0.2) is 12.1 Å². The van der Waals surface area contributed by atoms with Gasteiger partial charge in [0.2, 0.25) is 0 Å². The van der Waals surface area contributed by atoms with Gasteiger partial charge in [-0.1, -0.05) is 11.6 Å². The second kappa shape index (κ2) is 5.58. The number of ether oxygens (including phenoxy) is 1. The number of halogens is 1. The second-order valence-corrected chi connectivity index (χ2v) is 4.05. The quantitative estimate of drug-likeness (QED) is 0.280. The average molecular weight is 263 g/mol. The Kier molecular flexibility index (Phi) is 4.11. The molecule has 0 atom stereocenters. The summed E-state index contributed by atoms with van der Waals surface area (Å²) in [7, 11) is 0. The van der Waals surface area contributed by atoms with E-state index in [2.05, 4.69) is 19.8 Å². The zero-order chi connectivity index (χ0) is 11.4. The Bertz CT molecular complexity index is 363. The predicted octanol–water partition coefficient (Wildman–Crippen LogP) is 2.83. The van der Waals surface area contributed by atoms with Crippen LogP contribution in [0.25, 0.3) is 0 Å². The first-order chi connectivity index (χ1) is 7.79. The van der Waals surface area contributed by atoms with Crippen LogP contribution in [-0.4, -0.2) is 17.3 Å². The van der Waals surface area contributed by atoms with Gasteiger partial charge in [-0.05, 0) is 25.0 Å². The molecule has 7 heteroatoms. The first-order valence-electron chi connectivity index (χ1n) is 4.75. The van der Waals surface area contributed by atoms with Gasteiger partial charge in [-0.25, -0.2) is 10.5 Å². The molecule has 0 bridgehead atoms. The number of aromatic nitrogens is 1. The lowest BCUT2D eigenvalue weighted by Gasteiger charge is -2.07. The average Bonchev–Trinajstić information content (AvgIpc) is 3.06. The number of rotatable bonds is 6. The van der Waals surface area contributed by atoms with E-state index < -0.39 is 0 Å². The Labute approximate surface area is 103 Å².